The van der Waals surface area contributed by atoms with Gasteiger partial charge in [-0.2, -0.15) is 0 Å². The van der Waals surface area contributed by atoms with Crippen molar-refractivity contribution in [3.63, 3.8) is 0 Å². The molecule has 26 heavy (non-hydrogen) atoms. The lowest BCUT2D eigenvalue weighted by atomic mass is 10.2. The van der Waals surface area contributed by atoms with Gasteiger partial charge in [-0.3, -0.25) is 4.79 Å². The average molecular weight is 350 g/mol. The van der Waals surface area contributed by atoms with Crippen LogP contribution in [0.4, 0.5) is 11.5 Å². The number of anilines is 2. The fourth-order valence-corrected chi connectivity index (χ4v) is 2.42. The summed E-state index contributed by atoms with van der Waals surface area (Å²) in [7, 11) is 3.93. The molecular weight excluding hydrogens is 328 g/mol. The first kappa shape index (κ1) is 17.5. The molecule has 0 radical (unpaired) electrons. The number of carbonyl (C=O) groups excluding carboxylic acids is 1. The topological polar surface area (TPSA) is 75.1 Å². The Morgan fingerprint density at radius 1 is 1.00 bits per heavy atom. The van der Waals surface area contributed by atoms with E-state index in [0.29, 0.717) is 24.5 Å². The molecule has 0 aliphatic rings. The van der Waals surface area contributed by atoms with Crippen LogP contribution in [0.5, 0.6) is 0 Å². The first-order chi connectivity index (χ1) is 12.6. The zero-order chi connectivity index (χ0) is 18.4. The van der Waals surface area contributed by atoms with Crippen LogP contribution in [0.15, 0.2) is 60.9 Å². The summed E-state index contributed by atoms with van der Waals surface area (Å²) in [6.45, 7) is 1.06. The molecule has 3 aromatic rings. The zero-order valence-corrected chi connectivity index (χ0v) is 14.9. The summed E-state index contributed by atoms with van der Waals surface area (Å²) in [6.07, 6.45) is 3.83. The van der Waals surface area contributed by atoms with Crippen LogP contribution in [0.1, 0.15) is 10.4 Å². The van der Waals surface area contributed by atoms with Gasteiger partial charge in [0.1, 0.15) is 5.82 Å². The van der Waals surface area contributed by atoms with E-state index < -0.39 is 0 Å². The van der Waals surface area contributed by atoms with E-state index in [1.807, 2.05) is 84.5 Å². The molecule has 0 fully saturated rings. The van der Waals surface area contributed by atoms with Crippen molar-refractivity contribution < 1.29 is 4.79 Å². The monoisotopic (exact) mass is 350 g/mol. The molecule has 0 atom stereocenters. The Balaban J connectivity index is 1.44. The quantitative estimate of drug-likeness (QED) is 0.639. The number of hydrogen-bond acceptors (Lipinski definition) is 5. The van der Waals surface area contributed by atoms with Crippen LogP contribution >= 0.6 is 0 Å². The van der Waals surface area contributed by atoms with E-state index in [-0.39, 0.29) is 5.91 Å². The average Bonchev–Trinajstić information content (AvgIpc) is 3.20. The van der Waals surface area contributed by atoms with Gasteiger partial charge in [-0.1, -0.05) is 0 Å². The second-order valence-corrected chi connectivity index (χ2v) is 5.99. The minimum atomic E-state index is -0.0915. The molecule has 2 N–H and O–H groups in total. The normalized spacial score (nSPS) is 10.4. The molecule has 134 valence electrons. The Morgan fingerprint density at radius 2 is 1.73 bits per heavy atom. The first-order valence-electron chi connectivity index (χ1n) is 8.40. The SMILES string of the molecule is CN(C)c1ccc(C(=O)NCCNc2ccc(-n3cccc3)nn2)cc1. The number of hydrogen-bond donors (Lipinski definition) is 2. The predicted molar refractivity (Wildman–Crippen MR) is 103 cm³/mol. The molecule has 2 heterocycles. The lowest BCUT2D eigenvalue weighted by Crippen LogP contribution is -2.29. The smallest absolute Gasteiger partial charge is 0.251 e. The predicted octanol–water partition coefficient (Wildman–Crippen LogP) is 2.18. The summed E-state index contributed by atoms with van der Waals surface area (Å²) in [5.74, 6) is 1.34. The van der Waals surface area contributed by atoms with E-state index in [2.05, 4.69) is 20.8 Å². The lowest BCUT2D eigenvalue weighted by molar-refractivity contribution is 0.0955. The summed E-state index contributed by atoms with van der Waals surface area (Å²) < 4.78 is 1.89. The number of nitrogens with zero attached hydrogens (tertiary/aromatic N) is 4. The second-order valence-electron chi connectivity index (χ2n) is 5.99. The molecule has 0 spiro atoms. The lowest BCUT2D eigenvalue weighted by Gasteiger charge is -2.12. The number of rotatable bonds is 7. The summed E-state index contributed by atoms with van der Waals surface area (Å²) in [4.78, 5) is 14.1. The van der Waals surface area contributed by atoms with Crippen molar-refractivity contribution >= 4 is 17.4 Å². The molecule has 0 saturated heterocycles. The highest BCUT2D eigenvalue weighted by molar-refractivity contribution is 5.94. The van der Waals surface area contributed by atoms with Crippen LogP contribution in [0.3, 0.4) is 0 Å². The van der Waals surface area contributed by atoms with Crippen molar-refractivity contribution in [2.45, 2.75) is 0 Å². The molecule has 3 rings (SSSR count). The summed E-state index contributed by atoms with van der Waals surface area (Å²) in [6, 6.07) is 15.1. The van der Waals surface area contributed by atoms with Crippen molar-refractivity contribution in [1.29, 1.82) is 0 Å². The van der Waals surface area contributed by atoms with Crippen LogP contribution in [0, 0.1) is 0 Å². The highest BCUT2D eigenvalue weighted by Crippen LogP contribution is 2.12. The highest BCUT2D eigenvalue weighted by Gasteiger charge is 2.05. The third kappa shape index (κ3) is 4.38. The van der Waals surface area contributed by atoms with Gasteiger partial charge in [0.25, 0.3) is 5.91 Å². The molecule has 0 aliphatic carbocycles. The fraction of sp³-hybridized carbons (Fsp3) is 0.211. The van der Waals surface area contributed by atoms with E-state index in [1.165, 1.54) is 0 Å². The van der Waals surface area contributed by atoms with Gasteiger partial charge in [0.05, 0.1) is 0 Å². The van der Waals surface area contributed by atoms with Gasteiger partial charge in [-0.05, 0) is 48.5 Å². The van der Waals surface area contributed by atoms with Crippen LogP contribution < -0.4 is 15.5 Å². The first-order valence-corrected chi connectivity index (χ1v) is 8.40. The Morgan fingerprint density at radius 3 is 2.35 bits per heavy atom. The van der Waals surface area contributed by atoms with Crippen LogP contribution in [0.2, 0.25) is 0 Å². The van der Waals surface area contributed by atoms with E-state index in [0.717, 1.165) is 11.5 Å². The van der Waals surface area contributed by atoms with Gasteiger partial charge in [0.2, 0.25) is 0 Å². The molecule has 7 heteroatoms. The third-order valence-electron chi connectivity index (χ3n) is 3.88. The van der Waals surface area contributed by atoms with Crippen molar-refractivity contribution in [2.24, 2.45) is 0 Å². The minimum Gasteiger partial charge on any atom is -0.378 e. The largest absolute Gasteiger partial charge is 0.378 e. The number of amides is 1. The maximum Gasteiger partial charge on any atom is 0.251 e. The van der Waals surface area contributed by atoms with Crippen LogP contribution in [-0.2, 0) is 0 Å². The van der Waals surface area contributed by atoms with Crippen molar-refractivity contribution in [3.8, 4) is 5.82 Å². The molecule has 1 aromatic carbocycles. The molecular formula is C19H22N6O. The molecule has 1 amide bonds. The maximum atomic E-state index is 12.1. The van der Waals surface area contributed by atoms with Crippen molar-refractivity contribution in [1.82, 2.24) is 20.1 Å². The maximum absolute atomic E-state index is 12.1. The van der Waals surface area contributed by atoms with Gasteiger partial charge in [0, 0.05) is 50.8 Å². The van der Waals surface area contributed by atoms with Crippen molar-refractivity contribution in [2.75, 3.05) is 37.4 Å². The van der Waals surface area contributed by atoms with Gasteiger partial charge in [-0.15, -0.1) is 10.2 Å². The number of carbonyl (C=O) groups is 1. The Kier molecular flexibility index (Phi) is 5.48. The third-order valence-corrected chi connectivity index (χ3v) is 3.88. The van der Waals surface area contributed by atoms with Gasteiger partial charge in [-0.25, -0.2) is 0 Å². The van der Waals surface area contributed by atoms with E-state index in [1.54, 1.807) is 0 Å². The van der Waals surface area contributed by atoms with E-state index in [4.69, 9.17) is 0 Å². The van der Waals surface area contributed by atoms with Gasteiger partial charge >= 0.3 is 0 Å². The molecule has 0 bridgehead atoms. The molecule has 0 aliphatic heterocycles. The standard InChI is InChI=1S/C19H22N6O/c1-24(2)16-7-5-15(6-8-16)19(26)21-12-11-20-17-9-10-18(23-22-17)25-13-3-4-14-25/h3-10,13-14H,11-12H2,1-2H3,(H,20,22)(H,21,26). The van der Waals surface area contributed by atoms with E-state index in [9.17, 15) is 4.79 Å². The van der Waals surface area contributed by atoms with Crippen LogP contribution in [0.25, 0.3) is 5.82 Å². The Hall–Kier alpha value is -3.35. The summed E-state index contributed by atoms with van der Waals surface area (Å²) in [5, 5.41) is 14.3. The van der Waals surface area contributed by atoms with Crippen molar-refractivity contribution in [3.05, 3.63) is 66.5 Å². The molecule has 0 unspecified atom stereocenters. The Labute approximate surface area is 152 Å². The number of aromatic nitrogens is 3. The summed E-state index contributed by atoms with van der Waals surface area (Å²) in [5.41, 5.74) is 1.71. The van der Waals surface area contributed by atoms with Gasteiger partial charge < -0.3 is 20.1 Å². The fourth-order valence-electron chi connectivity index (χ4n) is 2.42. The van der Waals surface area contributed by atoms with Gasteiger partial charge in [0.15, 0.2) is 5.82 Å². The van der Waals surface area contributed by atoms with E-state index >= 15 is 0 Å². The summed E-state index contributed by atoms with van der Waals surface area (Å²) >= 11 is 0. The number of benzene rings is 1. The van der Waals surface area contributed by atoms with Crippen LogP contribution in [-0.4, -0.2) is 47.9 Å². The zero-order valence-electron chi connectivity index (χ0n) is 14.9. The molecule has 0 saturated carbocycles. The Bertz CT molecular complexity index is 825. The highest BCUT2D eigenvalue weighted by atomic mass is 16.1. The molecule has 2 aromatic heterocycles. The number of nitrogens with one attached hydrogen (secondary N) is 2. The second kappa shape index (κ2) is 8.15. The minimum absolute atomic E-state index is 0.0915. The molecule has 7 nitrogen and oxygen atoms in total.